The highest BCUT2D eigenvalue weighted by atomic mass is 79.9. The Hall–Kier alpha value is -1.73. The van der Waals surface area contributed by atoms with Crippen LogP contribution in [0.1, 0.15) is 32.4 Å². The summed E-state index contributed by atoms with van der Waals surface area (Å²) in [6.45, 7) is 3.60. The second-order valence-corrected chi connectivity index (χ2v) is 7.54. The molecule has 3 rings (SSSR count). The maximum Gasteiger partial charge on any atom is 0.275 e. The quantitative estimate of drug-likeness (QED) is 0.828. The zero-order valence-corrected chi connectivity index (χ0v) is 15.3. The molecule has 2 aromatic rings. The van der Waals surface area contributed by atoms with Crippen molar-refractivity contribution in [1.82, 2.24) is 15.1 Å². The summed E-state index contributed by atoms with van der Waals surface area (Å²) in [7, 11) is 0. The number of hydrogen-bond acceptors (Lipinski definition) is 4. The molecule has 1 aromatic carbocycles. The Morgan fingerprint density at radius 3 is 2.79 bits per heavy atom. The summed E-state index contributed by atoms with van der Waals surface area (Å²) in [5.41, 5.74) is -0.186. The van der Waals surface area contributed by atoms with Gasteiger partial charge in [0.2, 0.25) is 5.91 Å². The molecule has 1 fully saturated rings. The number of fused-ring (bicyclic) bond motifs is 1. The highest BCUT2D eigenvalue weighted by molar-refractivity contribution is 9.10. The zero-order chi connectivity index (χ0) is 17.5. The van der Waals surface area contributed by atoms with Gasteiger partial charge in [-0.3, -0.25) is 9.59 Å². The Kier molecular flexibility index (Phi) is 4.48. The molecule has 0 atom stereocenters. The van der Waals surface area contributed by atoms with Crippen LogP contribution in [0.4, 0.5) is 0 Å². The van der Waals surface area contributed by atoms with Crippen LogP contribution in [-0.4, -0.2) is 32.4 Å². The van der Waals surface area contributed by atoms with Gasteiger partial charge in [0.25, 0.3) is 5.56 Å². The molecule has 1 aliphatic carbocycles. The van der Waals surface area contributed by atoms with Gasteiger partial charge in [0.15, 0.2) is 0 Å². The summed E-state index contributed by atoms with van der Waals surface area (Å²) in [5.74, 6) is -0.261. The minimum absolute atomic E-state index is 0.0368. The van der Waals surface area contributed by atoms with Gasteiger partial charge in [-0.2, -0.15) is 5.10 Å². The number of benzene rings is 1. The molecule has 1 heterocycles. The van der Waals surface area contributed by atoms with E-state index in [-0.39, 0.29) is 24.1 Å². The molecule has 0 saturated heterocycles. The van der Waals surface area contributed by atoms with E-state index >= 15 is 0 Å². The number of amides is 1. The molecule has 0 spiro atoms. The van der Waals surface area contributed by atoms with Crippen LogP contribution in [-0.2, 0) is 17.8 Å². The molecule has 7 heteroatoms. The van der Waals surface area contributed by atoms with Crippen molar-refractivity contribution in [2.45, 2.75) is 51.3 Å². The van der Waals surface area contributed by atoms with E-state index in [4.69, 9.17) is 0 Å². The Balaban J connectivity index is 1.84. The van der Waals surface area contributed by atoms with Crippen LogP contribution in [0.2, 0.25) is 0 Å². The summed E-state index contributed by atoms with van der Waals surface area (Å²) in [5, 5.41) is 18.3. The van der Waals surface area contributed by atoms with Crippen molar-refractivity contribution in [2.24, 2.45) is 0 Å². The van der Waals surface area contributed by atoms with E-state index in [0.717, 1.165) is 15.6 Å². The van der Waals surface area contributed by atoms with Gasteiger partial charge in [0, 0.05) is 15.9 Å². The molecule has 1 aliphatic rings. The van der Waals surface area contributed by atoms with Gasteiger partial charge < -0.3 is 10.4 Å². The molecule has 1 saturated carbocycles. The first-order valence-electron chi connectivity index (χ1n) is 8.00. The first-order valence-corrected chi connectivity index (χ1v) is 8.79. The first-order chi connectivity index (χ1) is 11.3. The second kappa shape index (κ2) is 6.29. The van der Waals surface area contributed by atoms with Crippen molar-refractivity contribution < 1.29 is 9.90 Å². The maximum atomic E-state index is 12.6. The average Bonchev–Trinajstić information content (AvgIpc) is 2.48. The smallest absolute Gasteiger partial charge is 0.275 e. The van der Waals surface area contributed by atoms with Crippen LogP contribution in [0.15, 0.2) is 27.5 Å². The molecule has 0 radical (unpaired) electrons. The number of aliphatic hydroxyl groups is 1. The SMILES string of the molecule is CCc1nn(CC(=O)NC2CC(C)(O)C2)c(=O)c2ccc(Br)cc12. The molecule has 6 nitrogen and oxygen atoms in total. The molecule has 24 heavy (non-hydrogen) atoms. The van der Waals surface area contributed by atoms with Gasteiger partial charge in [-0.15, -0.1) is 0 Å². The number of carbonyl (C=O) groups excluding carboxylic acids is 1. The Labute approximate surface area is 148 Å². The van der Waals surface area contributed by atoms with Crippen LogP contribution >= 0.6 is 15.9 Å². The minimum atomic E-state index is -0.696. The molecule has 0 bridgehead atoms. The van der Waals surface area contributed by atoms with Crippen molar-refractivity contribution in [3.05, 3.63) is 38.7 Å². The number of aryl methyl sites for hydroxylation is 1. The van der Waals surface area contributed by atoms with Gasteiger partial charge in [-0.25, -0.2) is 4.68 Å². The van der Waals surface area contributed by atoms with Gasteiger partial charge in [-0.05, 0) is 44.4 Å². The summed E-state index contributed by atoms with van der Waals surface area (Å²) in [6.07, 6.45) is 1.74. The first kappa shape index (κ1) is 17.1. The molecule has 1 amide bonds. The predicted molar refractivity (Wildman–Crippen MR) is 94.9 cm³/mol. The lowest BCUT2D eigenvalue weighted by molar-refractivity contribution is -0.125. The van der Waals surface area contributed by atoms with E-state index in [1.165, 1.54) is 4.68 Å². The molecular weight excluding hydrogens is 374 g/mol. The molecule has 1 aromatic heterocycles. The van der Waals surface area contributed by atoms with Gasteiger partial charge in [0.1, 0.15) is 6.54 Å². The van der Waals surface area contributed by atoms with E-state index in [2.05, 4.69) is 26.3 Å². The lowest BCUT2D eigenvalue weighted by atomic mass is 9.77. The summed E-state index contributed by atoms with van der Waals surface area (Å²) >= 11 is 3.41. The van der Waals surface area contributed by atoms with Crippen molar-refractivity contribution in [3.8, 4) is 0 Å². The molecule has 0 unspecified atom stereocenters. The Morgan fingerprint density at radius 1 is 1.46 bits per heavy atom. The zero-order valence-electron chi connectivity index (χ0n) is 13.7. The number of hydrogen-bond donors (Lipinski definition) is 2. The van der Waals surface area contributed by atoms with E-state index in [9.17, 15) is 14.7 Å². The lowest BCUT2D eigenvalue weighted by Gasteiger charge is -2.41. The Morgan fingerprint density at radius 2 is 2.17 bits per heavy atom. The van der Waals surface area contributed by atoms with Gasteiger partial charge >= 0.3 is 0 Å². The van der Waals surface area contributed by atoms with Crippen LogP contribution in [0.25, 0.3) is 10.8 Å². The monoisotopic (exact) mass is 393 g/mol. The molecule has 128 valence electrons. The minimum Gasteiger partial charge on any atom is -0.390 e. The molecular formula is C17H20BrN3O3. The fourth-order valence-corrected chi connectivity index (χ4v) is 3.57. The summed E-state index contributed by atoms with van der Waals surface area (Å²) in [4.78, 5) is 24.7. The van der Waals surface area contributed by atoms with Crippen molar-refractivity contribution in [3.63, 3.8) is 0 Å². The van der Waals surface area contributed by atoms with Crippen molar-refractivity contribution in [1.29, 1.82) is 0 Å². The summed E-state index contributed by atoms with van der Waals surface area (Å²) < 4.78 is 2.11. The fraction of sp³-hybridized carbons (Fsp3) is 0.471. The van der Waals surface area contributed by atoms with Gasteiger partial charge in [0.05, 0.1) is 16.7 Å². The second-order valence-electron chi connectivity index (χ2n) is 6.62. The third kappa shape index (κ3) is 3.37. The molecule has 0 aliphatic heterocycles. The third-order valence-corrected chi connectivity index (χ3v) is 4.86. The predicted octanol–water partition coefficient (Wildman–Crippen LogP) is 1.75. The Bertz CT molecular complexity index is 852. The van der Waals surface area contributed by atoms with Crippen LogP contribution in [0, 0.1) is 0 Å². The van der Waals surface area contributed by atoms with Crippen LogP contribution in [0.5, 0.6) is 0 Å². The number of halogens is 1. The van der Waals surface area contributed by atoms with Crippen LogP contribution in [0.3, 0.4) is 0 Å². The highest BCUT2D eigenvalue weighted by Crippen LogP contribution is 2.31. The summed E-state index contributed by atoms with van der Waals surface area (Å²) in [6, 6.07) is 5.40. The van der Waals surface area contributed by atoms with Crippen LogP contribution < -0.4 is 10.9 Å². The standard InChI is InChI=1S/C17H20BrN3O3/c1-3-14-13-6-10(18)4-5-12(13)16(23)21(20-14)9-15(22)19-11-7-17(2,24)8-11/h4-6,11,24H,3,7-9H2,1-2H3,(H,19,22). The van der Waals surface area contributed by atoms with Crippen molar-refractivity contribution >= 4 is 32.6 Å². The van der Waals surface area contributed by atoms with Gasteiger partial charge in [-0.1, -0.05) is 22.9 Å². The topological polar surface area (TPSA) is 84.2 Å². The third-order valence-electron chi connectivity index (χ3n) is 4.36. The number of nitrogens with zero attached hydrogens (tertiary/aromatic N) is 2. The molecule has 2 N–H and O–H groups in total. The maximum absolute atomic E-state index is 12.6. The number of nitrogens with one attached hydrogen (secondary N) is 1. The number of rotatable bonds is 4. The fourth-order valence-electron chi connectivity index (χ4n) is 3.21. The van der Waals surface area contributed by atoms with E-state index < -0.39 is 5.60 Å². The number of aromatic nitrogens is 2. The van der Waals surface area contributed by atoms with E-state index in [0.29, 0.717) is 24.6 Å². The van der Waals surface area contributed by atoms with Crippen molar-refractivity contribution in [2.75, 3.05) is 0 Å². The lowest BCUT2D eigenvalue weighted by Crippen LogP contribution is -2.54. The normalized spacial score (nSPS) is 23.1. The van der Waals surface area contributed by atoms with E-state index in [1.807, 2.05) is 19.1 Å². The number of carbonyl (C=O) groups is 1. The van der Waals surface area contributed by atoms with E-state index in [1.54, 1.807) is 13.0 Å². The highest BCUT2D eigenvalue weighted by Gasteiger charge is 2.39. The largest absolute Gasteiger partial charge is 0.390 e. The average molecular weight is 394 g/mol.